The molecule has 0 saturated carbocycles. The smallest absolute Gasteiger partial charge is 0.163 e. The largest absolute Gasteiger partial charge is 0.496 e. The fourth-order valence-corrected chi connectivity index (χ4v) is 3.54. The molecule has 0 aliphatic rings. The molecule has 0 atom stereocenters. The van der Waals surface area contributed by atoms with E-state index in [0.717, 1.165) is 29.8 Å². The van der Waals surface area contributed by atoms with Gasteiger partial charge >= 0.3 is 0 Å². The molecule has 3 rings (SSSR count). The minimum absolute atomic E-state index is 0.407. The molecule has 0 amide bonds. The molecule has 0 saturated heterocycles. The van der Waals surface area contributed by atoms with Crippen molar-refractivity contribution in [3.8, 4) is 17.2 Å². The van der Waals surface area contributed by atoms with E-state index >= 15 is 0 Å². The van der Waals surface area contributed by atoms with Gasteiger partial charge in [-0.25, -0.2) is 0 Å². The molecule has 0 unspecified atom stereocenters. The molecule has 1 N–H and O–H groups in total. The van der Waals surface area contributed by atoms with E-state index in [1.807, 2.05) is 61.5 Å². The van der Waals surface area contributed by atoms with Gasteiger partial charge in [0.1, 0.15) is 12.4 Å². The Hall–Kier alpha value is -2.40. The van der Waals surface area contributed by atoms with Crippen molar-refractivity contribution in [1.82, 2.24) is 5.32 Å². The molecule has 6 heteroatoms. The zero-order valence-corrected chi connectivity index (χ0v) is 19.3. The SMILES string of the molecule is CCOc1cc(CNCCc2ccccc2OC)c(Cl)cc1OCc1ccc(Cl)cc1. The summed E-state index contributed by atoms with van der Waals surface area (Å²) in [6.07, 6.45) is 0.863. The highest BCUT2D eigenvalue weighted by Gasteiger charge is 2.12. The van der Waals surface area contributed by atoms with Crippen LogP contribution < -0.4 is 19.5 Å². The van der Waals surface area contributed by atoms with Crippen LogP contribution in [0.3, 0.4) is 0 Å². The van der Waals surface area contributed by atoms with E-state index in [1.54, 1.807) is 7.11 Å². The maximum absolute atomic E-state index is 6.53. The molecule has 0 spiro atoms. The van der Waals surface area contributed by atoms with E-state index in [2.05, 4.69) is 11.4 Å². The van der Waals surface area contributed by atoms with E-state index in [9.17, 15) is 0 Å². The Morgan fingerprint density at radius 1 is 0.839 bits per heavy atom. The Balaban J connectivity index is 1.61. The van der Waals surface area contributed by atoms with Gasteiger partial charge in [0.15, 0.2) is 11.5 Å². The van der Waals surface area contributed by atoms with Crippen LogP contribution >= 0.6 is 23.2 Å². The number of nitrogens with one attached hydrogen (secondary N) is 1. The molecule has 0 aromatic heterocycles. The van der Waals surface area contributed by atoms with Crippen molar-refractivity contribution in [2.75, 3.05) is 20.3 Å². The van der Waals surface area contributed by atoms with E-state index in [-0.39, 0.29) is 0 Å². The van der Waals surface area contributed by atoms with Gasteiger partial charge in [0.25, 0.3) is 0 Å². The summed E-state index contributed by atoms with van der Waals surface area (Å²) < 4.78 is 17.2. The fraction of sp³-hybridized carbons (Fsp3) is 0.280. The maximum atomic E-state index is 6.53. The van der Waals surface area contributed by atoms with Gasteiger partial charge in [-0.1, -0.05) is 53.5 Å². The Kier molecular flexibility index (Phi) is 8.89. The van der Waals surface area contributed by atoms with Crippen molar-refractivity contribution in [3.63, 3.8) is 0 Å². The van der Waals surface area contributed by atoms with Crippen LogP contribution in [0.25, 0.3) is 0 Å². The van der Waals surface area contributed by atoms with Gasteiger partial charge in [0.05, 0.1) is 13.7 Å². The average Bonchev–Trinajstić information content (AvgIpc) is 2.78. The second kappa shape index (κ2) is 11.8. The van der Waals surface area contributed by atoms with Gasteiger partial charge in [-0.3, -0.25) is 0 Å². The van der Waals surface area contributed by atoms with Gasteiger partial charge < -0.3 is 19.5 Å². The molecule has 0 bridgehead atoms. The summed E-state index contributed by atoms with van der Waals surface area (Å²) in [5.41, 5.74) is 3.15. The van der Waals surface area contributed by atoms with Crippen LogP contribution in [0.2, 0.25) is 10.0 Å². The number of ether oxygens (including phenoxy) is 3. The molecular formula is C25H27Cl2NO3. The Labute approximate surface area is 194 Å². The van der Waals surface area contributed by atoms with E-state index in [0.29, 0.717) is 41.3 Å². The first kappa shape index (κ1) is 23.3. The molecule has 0 fully saturated rings. The zero-order chi connectivity index (χ0) is 22.1. The first-order chi connectivity index (χ1) is 15.1. The Morgan fingerprint density at radius 3 is 2.32 bits per heavy atom. The first-order valence-electron chi connectivity index (χ1n) is 10.3. The third-order valence-electron chi connectivity index (χ3n) is 4.80. The molecule has 0 heterocycles. The van der Waals surface area contributed by atoms with Gasteiger partial charge in [0.2, 0.25) is 0 Å². The fourth-order valence-electron chi connectivity index (χ4n) is 3.19. The van der Waals surface area contributed by atoms with Crippen molar-refractivity contribution in [2.45, 2.75) is 26.5 Å². The summed E-state index contributed by atoms with van der Waals surface area (Å²) in [5.74, 6) is 2.21. The van der Waals surface area contributed by atoms with Crippen LogP contribution in [-0.4, -0.2) is 20.3 Å². The lowest BCUT2D eigenvalue weighted by atomic mass is 10.1. The predicted molar refractivity (Wildman–Crippen MR) is 127 cm³/mol. The first-order valence-corrected chi connectivity index (χ1v) is 11.0. The lowest BCUT2D eigenvalue weighted by Crippen LogP contribution is -2.17. The average molecular weight is 460 g/mol. The molecular weight excluding hydrogens is 433 g/mol. The third kappa shape index (κ3) is 6.79. The van der Waals surface area contributed by atoms with E-state index < -0.39 is 0 Å². The number of halogens is 2. The van der Waals surface area contributed by atoms with Gasteiger partial charge in [-0.15, -0.1) is 0 Å². The number of methoxy groups -OCH3 is 1. The van der Waals surface area contributed by atoms with Crippen LogP contribution in [0.4, 0.5) is 0 Å². The summed E-state index contributed by atoms with van der Waals surface area (Å²) in [5, 5.41) is 4.78. The van der Waals surface area contributed by atoms with Crippen LogP contribution in [0.1, 0.15) is 23.6 Å². The quantitative estimate of drug-likeness (QED) is 0.341. The van der Waals surface area contributed by atoms with Gasteiger partial charge in [-0.2, -0.15) is 0 Å². The predicted octanol–water partition coefficient (Wildman–Crippen LogP) is 6.31. The molecule has 3 aromatic carbocycles. The van der Waals surface area contributed by atoms with Crippen molar-refractivity contribution >= 4 is 23.2 Å². The Morgan fingerprint density at radius 2 is 1.58 bits per heavy atom. The molecule has 0 aliphatic carbocycles. The molecule has 31 heavy (non-hydrogen) atoms. The lowest BCUT2D eigenvalue weighted by Gasteiger charge is -2.15. The van der Waals surface area contributed by atoms with Crippen molar-refractivity contribution in [1.29, 1.82) is 0 Å². The summed E-state index contributed by atoms with van der Waals surface area (Å²) >= 11 is 12.5. The third-order valence-corrected chi connectivity index (χ3v) is 5.40. The number of hydrogen-bond donors (Lipinski definition) is 1. The highest BCUT2D eigenvalue weighted by Crippen LogP contribution is 2.34. The molecule has 164 valence electrons. The van der Waals surface area contributed by atoms with E-state index in [4.69, 9.17) is 37.4 Å². The van der Waals surface area contributed by atoms with Crippen molar-refractivity contribution in [2.24, 2.45) is 0 Å². The van der Waals surface area contributed by atoms with Gasteiger partial charge in [0, 0.05) is 22.7 Å². The molecule has 3 aromatic rings. The highest BCUT2D eigenvalue weighted by atomic mass is 35.5. The number of hydrogen-bond acceptors (Lipinski definition) is 4. The van der Waals surface area contributed by atoms with Crippen LogP contribution in [0.15, 0.2) is 60.7 Å². The summed E-state index contributed by atoms with van der Waals surface area (Å²) in [6, 6.07) is 19.4. The summed E-state index contributed by atoms with van der Waals surface area (Å²) in [6.45, 7) is 4.33. The summed E-state index contributed by atoms with van der Waals surface area (Å²) in [7, 11) is 1.69. The van der Waals surface area contributed by atoms with Crippen molar-refractivity contribution in [3.05, 3.63) is 87.4 Å². The second-order valence-corrected chi connectivity index (χ2v) is 7.82. The molecule has 0 aliphatic heterocycles. The number of para-hydroxylation sites is 1. The molecule has 4 nitrogen and oxygen atoms in total. The van der Waals surface area contributed by atoms with Crippen LogP contribution in [0, 0.1) is 0 Å². The highest BCUT2D eigenvalue weighted by molar-refractivity contribution is 6.31. The Bertz CT molecular complexity index is 977. The van der Waals surface area contributed by atoms with Crippen molar-refractivity contribution < 1.29 is 14.2 Å². The van der Waals surface area contributed by atoms with Crippen LogP contribution in [-0.2, 0) is 19.6 Å². The topological polar surface area (TPSA) is 39.7 Å². The second-order valence-electron chi connectivity index (χ2n) is 6.98. The monoisotopic (exact) mass is 459 g/mol. The normalized spacial score (nSPS) is 10.7. The van der Waals surface area contributed by atoms with Gasteiger partial charge in [-0.05, 0) is 60.8 Å². The van der Waals surface area contributed by atoms with E-state index in [1.165, 1.54) is 5.56 Å². The lowest BCUT2D eigenvalue weighted by molar-refractivity contribution is 0.269. The number of rotatable bonds is 11. The number of benzene rings is 3. The maximum Gasteiger partial charge on any atom is 0.163 e. The summed E-state index contributed by atoms with van der Waals surface area (Å²) in [4.78, 5) is 0. The molecule has 0 radical (unpaired) electrons. The minimum Gasteiger partial charge on any atom is -0.496 e. The standard InChI is InChI=1S/C25H27Cl2NO3/c1-3-30-24-14-20(16-28-13-12-19-6-4-5-7-23(19)29-2)22(27)15-25(24)31-17-18-8-10-21(26)11-9-18/h4-11,14-15,28H,3,12-13,16-17H2,1-2H3. The van der Waals surface area contributed by atoms with Crippen LogP contribution in [0.5, 0.6) is 17.2 Å². The zero-order valence-electron chi connectivity index (χ0n) is 17.8. The minimum atomic E-state index is 0.407.